The zero-order chi connectivity index (χ0) is 19.3. The van der Waals surface area contributed by atoms with Crippen LogP contribution in [0.3, 0.4) is 0 Å². The zero-order valence-corrected chi connectivity index (χ0v) is 16.2. The molecular weight excluding hydrogens is 393 g/mol. The second-order valence-corrected chi connectivity index (χ2v) is 9.25. The Bertz CT molecular complexity index is 1430. The van der Waals surface area contributed by atoms with E-state index in [0.29, 0.717) is 10.9 Å². The molecule has 0 unspecified atom stereocenters. The second-order valence-electron chi connectivity index (χ2n) is 6.49. The van der Waals surface area contributed by atoms with Gasteiger partial charge in [-0.1, -0.05) is 24.3 Å². The van der Waals surface area contributed by atoms with Crippen molar-refractivity contribution in [3.05, 3.63) is 90.2 Å². The molecule has 0 saturated carbocycles. The molecule has 0 aliphatic heterocycles. The molecule has 138 valence electrons. The van der Waals surface area contributed by atoms with Crippen molar-refractivity contribution in [1.82, 2.24) is 3.97 Å². The van der Waals surface area contributed by atoms with Crippen LogP contribution in [0.1, 0.15) is 0 Å². The van der Waals surface area contributed by atoms with E-state index in [9.17, 15) is 12.8 Å². The first-order chi connectivity index (χ1) is 13.5. The lowest BCUT2D eigenvalue weighted by molar-refractivity contribution is 0.589. The number of nitrogens with zero attached hydrogens (tertiary/aromatic N) is 1. The highest BCUT2D eigenvalue weighted by Gasteiger charge is 2.22. The number of halogens is 1. The predicted molar refractivity (Wildman–Crippen MR) is 112 cm³/mol. The summed E-state index contributed by atoms with van der Waals surface area (Å²) in [6, 6.07) is 20.5. The van der Waals surface area contributed by atoms with Gasteiger partial charge in [0.15, 0.2) is 0 Å². The van der Waals surface area contributed by atoms with Crippen molar-refractivity contribution in [2.24, 2.45) is 0 Å². The van der Waals surface area contributed by atoms with Crippen LogP contribution in [0.2, 0.25) is 0 Å². The Hall–Kier alpha value is -2.96. The van der Waals surface area contributed by atoms with Gasteiger partial charge in [0.05, 0.1) is 10.4 Å². The molecule has 3 nitrogen and oxygen atoms in total. The Labute approximate surface area is 165 Å². The van der Waals surface area contributed by atoms with E-state index in [-0.39, 0.29) is 4.90 Å². The van der Waals surface area contributed by atoms with Crippen molar-refractivity contribution in [1.29, 1.82) is 0 Å². The van der Waals surface area contributed by atoms with Crippen molar-refractivity contribution in [3.63, 3.8) is 0 Å². The third kappa shape index (κ3) is 2.65. The van der Waals surface area contributed by atoms with Crippen molar-refractivity contribution in [3.8, 4) is 11.1 Å². The van der Waals surface area contributed by atoms with Gasteiger partial charge in [-0.2, -0.15) is 0 Å². The lowest BCUT2D eigenvalue weighted by Gasteiger charge is -2.07. The monoisotopic (exact) mass is 407 g/mol. The molecule has 0 amide bonds. The normalized spacial score (nSPS) is 12.0. The van der Waals surface area contributed by atoms with Gasteiger partial charge in [0.1, 0.15) is 5.82 Å². The Morgan fingerprint density at radius 2 is 1.71 bits per heavy atom. The van der Waals surface area contributed by atoms with Crippen molar-refractivity contribution >= 4 is 42.3 Å². The van der Waals surface area contributed by atoms with Crippen LogP contribution in [0, 0.1) is 5.82 Å². The van der Waals surface area contributed by atoms with Crippen molar-refractivity contribution in [2.45, 2.75) is 4.90 Å². The minimum atomic E-state index is -3.85. The summed E-state index contributed by atoms with van der Waals surface area (Å²) in [6.07, 6.45) is 1.58. The maximum absolute atomic E-state index is 14.0. The topological polar surface area (TPSA) is 39.1 Å². The third-order valence-electron chi connectivity index (χ3n) is 4.80. The Balaban J connectivity index is 1.80. The first-order valence-electron chi connectivity index (χ1n) is 8.63. The van der Waals surface area contributed by atoms with Gasteiger partial charge < -0.3 is 0 Å². The largest absolute Gasteiger partial charge is 0.268 e. The van der Waals surface area contributed by atoms with E-state index in [0.717, 1.165) is 21.2 Å². The average molecular weight is 407 g/mol. The maximum Gasteiger partial charge on any atom is 0.268 e. The molecule has 5 rings (SSSR count). The van der Waals surface area contributed by atoms with E-state index in [4.69, 9.17) is 0 Å². The standard InChI is InChI=1S/C22H14FNO2S2/c23-17-7-8-19-20(15-6-9-22-16(12-15)10-11-27-22)14-24(21(19)13-17)28(25,26)18-4-2-1-3-5-18/h1-14H. The molecule has 6 heteroatoms. The number of fused-ring (bicyclic) bond motifs is 2. The van der Waals surface area contributed by atoms with Gasteiger partial charge in [-0.25, -0.2) is 16.8 Å². The molecule has 0 bridgehead atoms. The summed E-state index contributed by atoms with van der Waals surface area (Å²) in [5.41, 5.74) is 1.97. The predicted octanol–water partition coefficient (Wildman–Crippen LogP) is 5.90. The van der Waals surface area contributed by atoms with E-state index >= 15 is 0 Å². The summed E-state index contributed by atoms with van der Waals surface area (Å²) >= 11 is 1.65. The van der Waals surface area contributed by atoms with Crippen LogP contribution in [-0.2, 0) is 10.0 Å². The van der Waals surface area contributed by atoms with Crippen molar-refractivity contribution < 1.29 is 12.8 Å². The van der Waals surface area contributed by atoms with Gasteiger partial charge >= 0.3 is 0 Å². The Morgan fingerprint density at radius 1 is 0.893 bits per heavy atom. The fraction of sp³-hybridized carbons (Fsp3) is 0. The summed E-state index contributed by atoms with van der Waals surface area (Å²) in [4.78, 5) is 0.163. The molecule has 0 N–H and O–H groups in total. The minimum absolute atomic E-state index is 0.163. The number of rotatable bonds is 3. The molecule has 0 saturated heterocycles. The smallest absolute Gasteiger partial charge is 0.240 e. The third-order valence-corrected chi connectivity index (χ3v) is 7.38. The van der Waals surface area contributed by atoms with Crippen LogP contribution in [0.15, 0.2) is 89.3 Å². The van der Waals surface area contributed by atoms with E-state index in [1.807, 2.05) is 29.6 Å². The van der Waals surface area contributed by atoms with E-state index in [1.165, 1.54) is 28.2 Å². The van der Waals surface area contributed by atoms with E-state index in [1.54, 1.807) is 41.8 Å². The average Bonchev–Trinajstić information content (AvgIpc) is 3.32. The molecule has 2 aromatic heterocycles. The number of hydrogen-bond acceptors (Lipinski definition) is 3. The lowest BCUT2D eigenvalue weighted by atomic mass is 10.0. The zero-order valence-electron chi connectivity index (χ0n) is 14.5. The van der Waals surface area contributed by atoms with Crippen LogP contribution in [-0.4, -0.2) is 12.4 Å². The summed E-state index contributed by atoms with van der Waals surface area (Å²) in [5, 5.41) is 3.80. The summed E-state index contributed by atoms with van der Waals surface area (Å²) in [7, 11) is -3.85. The number of aromatic nitrogens is 1. The van der Waals surface area contributed by atoms with Crippen LogP contribution < -0.4 is 0 Å². The summed E-state index contributed by atoms with van der Waals surface area (Å²) in [5.74, 6) is -0.477. The van der Waals surface area contributed by atoms with Crippen molar-refractivity contribution in [2.75, 3.05) is 0 Å². The van der Waals surface area contributed by atoms with E-state index in [2.05, 4.69) is 0 Å². The highest BCUT2D eigenvalue weighted by Crippen LogP contribution is 2.35. The van der Waals surface area contributed by atoms with Gasteiger partial charge in [-0.15, -0.1) is 11.3 Å². The van der Waals surface area contributed by atoms with Gasteiger partial charge in [0.2, 0.25) is 0 Å². The van der Waals surface area contributed by atoms with Gasteiger partial charge in [-0.3, -0.25) is 0 Å². The summed E-state index contributed by atoms with van der Waals surface area (Å²) < 4.78 is 42.7. The van der Waals surface area contributed by atoms with Gasteiger partial charge in [0, 0.05) is 21.8 Å². The van der Waals surface area contributed by atoms with E-state index < -0.39 is 15.8 Å². The second kappa shape index (κ2) is 6.29. The molecular formula is C22H14FNO2S2. The highest BCUT2D eigenvalue weighted by atomic mass is 32.2. The fourth-order valence-electron chi connectivity index (χ4n) is 3.44. The Kier molecular flexibility index (Phi) is 3.86. The lowest BCUT2D eigenvalue weighted by Crippen LogP contribution is -2.11. The van der Waals surface area contributed by atoms with Crippen LogP contribution in [0.5, 0.6) is 0 Å². The molecule has 28 heavy (non-hydrogen) atoms. The molecule has 0 atom stereocenters. The fourth-order valence-corrected chi connectivity index (χ4v) is 5.59. The minimum Gasteiger partial charge on any atom is -0.240 e. The first kappa shape index (κ1) is 17.2. The molecule has 2 heterocycles. The number of hydrogen-bond donors (Lipinski definition) is 0. The van der Waals surface area contributed by atoms with Crippen LogP contribution in [0.25, 0.3) is 32.1 Å². The Morgan fingerprint density at radius 3 is 2.54 bits per heavy atom. The van der Waals surface area contributed by atoms with Crippen LogP contribution in [0.4, 0.5) is 4.39 Å². The maximum atomic E-state index is 14.0. The molecule has 0 aliphatic rings. The number of thiophene rings is 1. The summed E-state index contributed by atoms with van der Waals surface area (Å²) in [6.45, 7) is 0. The quantitative estimate of drug-likeness (QED) is 0.374. The molecule has 0 radical (unpaired) electrons. The van der Waals surface area contributed by atoms with Gasteiger partial charge in [-0.05, 0) is 64.9 Å². The van der Waals surface area contributed by atoms with Crippen LogP contribution >= 0.6 is 11.3 Å². The molecule has 0 fully saturated rings. The molecule has 0 aliphatic carbocycles. The first-order valence-corrected chi connectivity index (χ1v) is 10.9. The van der Waals surface area contributed by atoms with Gasteiger partial charge in [0.25, 0.3) is 10.0 Å². The molecule has 5 aromatic rings. The highest BCUT2D eigenvalue weighted by molar-refractivity contribution is 7.90. The molecule has 3 aromatic carbocycles. The number of benzene rings is 3. The molecule has 0 spiro atoms. The SMILES string of the molecule is O=S(=O)(c1ccccc1)n1cc(-c2ccc3sccc3c2)c2ccc(F)cc21.